The number of nitrogens with one attached hydrogen (secondary N) is 2. The summed E-state index contributed by atoms with van der Waals surface area (Å²) in [6.45, 7) is 9.04. The predicted molar refractivity (Wildman–Crippen MR) is 117 cm³/mol. The molecule has 2 fully saturated rings. The van der Waals surface area contributed by atoms with Crippen LogP contribution in [0.4, 0.5) is 0 Å². The van der Waals surface area contributed by atoms with Crippen molar-refractivity contribution < 1.29 is 8.42 Å². The van der Waals surface area contributed by atoms with Gasteiger partial charge in [-0.3, -0.25) is 4.99 Å². The molecule has 0 aromatic rings. The van der Waals surface area contributed by atoms with Gasteiger partial charge in [0.15, 0.2) is 5.96 Å². The number of nitrogens with zero attached hydrogens (tertiary/aromatic N) is 1. The van der Waals surface area contributed by atoms with E-state index in [4.69, 9.17) is 4.99 Å². The lowest BCUT2D eigenvalue weighted by Crippen LogP contribution is -2.47. The van der Waals surface area contributed by atoms with E-state index in [0.29, 0.717) is 12.0 Å². The molecule has 2 N–H and O–H groups in total. The molecular formula is C18H36IN3O2S. The van der Waals surface area contributed by atoms with Gasteiger partial charge in [0.1, 0.15) is 9.84 Å². The van der Waals surface area contributed by atoms with Crippen LogP contribution in [-0.4, -0.2) is 46.0 Å². The minimum Gasteiger partial charge on any atom is -0.357 e. The first-order valence-electron chi connectivity index (χ1n) is 9.38. The molecule has 2 saturated carbocycles. The monoisotopic (exact) mass is 485 g/mol. The summed E-state index contributed by atoms with van der Waals surface area (Å²) in [5.74, 6) is 1.82. The van der Waals surface area contributed by atoms with E-state index in [-0.39, 0.29) is 35.1 Å². The summed E-state index contributed by atoms with van der Waals surface area (Å²) in [6, 6.07) is 0. The third kappa shape index (κ3) is 7.61. The van der Waals surface area contributed by atoms with Crippen molar-refractivity contribution in [3.8, 4) is 0 Å². The number of sulfone groups is 1. The molecule has 0 spiro atoms. The Labute approximate surface area is 171 Å². The standard InChI is InChI=1S/C18H35N3O2S.HI/c1-5-19-16(20-12-17(7-6-8-17)11-15(2)3)21-13-18(9-10-18)14-24(4,22)23;/h15H,5-14H2,1-4H3,(H2,19,20,21);1H. The number of halogens is 1. The maximum Gasteiger partial charge on any atom is 0.191 e. The third-order valence-corrected chi connectivity index (χ3v) is 6.47. The molecule has 0 aliphatic heterocycles. The summed E-state index contributed by atoms with van der Waals surface area (Å²) in [4.78, 5) is 4.70. The molecule has 2 aliphatic carbocycles. The summed E-state index contributed by atoms with van der Waals surface area (Å²) in [6.07, 6.45) is 8.47. The first-order valence-corrected chi connectivity index (χ1v) is 11.4. The highest BCUT2D eigenvalue weighted by Gasteiger charge is 2.45. The van der Waals surface area contributed by atoms with Gasteiger partial charge >= 0.3 is 0 Å². The van der Waals surface area contributed by atoms with Gasteiger partial charge in [-0.2, -0.15) is 0 Å². The fourth-order valence-corrected chi connectivity index (χ4v) is 5.43. The SMILES string of the molecule is CCNC(=NCC1(CS(C)(=O)=O)CC1)NCC1(CC(C)C)CCC1.I. The second-order valence-corrected chi connectivity index (χ2v) is 10.7. The number of rotatable bonds is 9. The van der Waals surface area contributed by atoms with E-state index in [1.165, 1.54) is 31.9 Å². The van der Waals surface area contributed by atoms with Crippen LogP contribution in [0.5, 0.6) is 0 Å². The van der Waals surface area contributed by atoms with Crippen LogP contribution >= 0.6 is 24.0 Å². The van der Waals surface area contributed by atoms with Crippen molar-refractivity contribution in [2.45, 2.75) is 59.3 Å². The van der Waals surface area contributed by atoms with E-state index in [1.54, 1.807) is 0 Å². The molecule has 0 unspecified atom stereocenters. The minimum atomic E-state index is -2.93. The smallest absolute Gasteiger partial charge is 0.191 e. The van der Waals surface area contributed by atoms with Gasteiger partial charge < -0.3 is 10.6 Å². The lowest BCUT2D eigenvalue weighted by Gasteiger charge is -2.43. The molecule has 25 heavy (non-hydrogen) atoms. The molecule has 0 atom stereocenters. The highest BCUT2D eigenvalue weighted by molar-refractivity contribution is 14.0. The maximum atomic E-state index is 11.6. The summed E-state index contributed by atoms with van der Waals surface area (Å²) in [7, 11) is -2.93. The number of hydrogen-bond acceptors (Lipinski definition) is 3. The van der Waals surface area contributed by atoms with E-state index < -0.39 is 9.84 Å². The van der Waals surface area contributed by atoms with Crippen molar-refractivity contribution in [1.82, 2.24) is 10.6 Å². The fraction of sp³-hybridized carbons (Fsp3) is 0.944. The quantitative estimate of drug-likeness (QED) is 0.299. The zero-order valence-corrected chi connectivity index (χ0v) is 19.4. The van der Waals surface area contributed by atoms with Crippen LogP contribution in [0.1, 0.15) is 59.3 Å². The molecule has 5 nitrogen and oxygen atoms in total. The predicted octanol–water partition coefficient (Wildman–Crippen LogP) is 3.20. The van der Waals surface area contributed by atoms with Crippen LogP contribution < -0.4 is 10.6 Å². The average molecular weight is 485 g/mol. The van der Waals surface area contributed by atoms with Gasteiger partial charge in [-0.1, -0.05) is 20.3 Å². The zero-order chi connectivity index (χ0) is 17.8. The summed E-state index contributed by atoms with van der Waals surface area (Å²) < 4.78 is 23.2. The fourth-order valence-electron chi connectivity index (χ4n) is 3.94. The second-order valence-electron chi connectivity index (χ2n) is 8.57. The van der Waals surface area contributed by atoms with Crippen molar-refractivity contribution in [3.05, 3.63) is 0 Å². The van der Waals surface area contributed by atoms with E-state index in [1.807, 2.05) is 0 Å². The third-order valence-electron chi connectivity index (χ3n) is 5.33. The molecule has 2 aliphatic rings. The Hall–Kier alpha value is -0.0500. The summed E-state index contributed by atoms with van der Waals surface area (Å²) in [5, 5.41) is 6.83. The summed E-state index contributed by atoms with van der Waals surface area (Å²) >= 11 is 0. The van der Waals surface area contributed by atoms with Gasteiger partial charge in [0.05, 0.1) is 5.75 Å². The lowest BCUT2D eigenvalue weighted by atomic mass is 9.64. The van der Waals surface area contributed by atoms with Gasteiger partial charge in [0, 0.05) is 31.3 Å². The van der Waals surface area contributed by atoms with Gasteiger partial charge in [0.2, 0.25) is 0 Å². The molecule has 0 bridgehead atoms. The minimum absolute atomic E-state index is 0. The average Bonchev–Trinajstić information content (AvgIpc) is 3.16. The van der Waals surface area contributed by atoms with Gasteiger partial charge in [-0.05, 0) is 50.4 Å². The van der Waals surface area contributed by atoms with Gasteiger partial charge in [-0.15, -0.1) is 24.0 Å². The topological polar surface area (TPSA) is 70.6 Å². The van der Waals surface area contributed by atoms with Gasteiger partial charge in [-0.25, -0.2) is 8.42 Å². The molecule has 0 amide bonds. The van der Waals surface area contributed by atoms with Crippen LogP contribution in [0.2, 0.25) is 0 Å². The van der Waals surface area contributed by atoms with Crippen LogP contribution in [0.15, 0.2) is 4.99 Å². The molecular weight excluding hydrogens is 449 g/mol. The first kappa shape index (κ1) is 23.0. The molecule has 0 aromatic heterocycles. The van der Waals surface area contributed by atoms with Crippen LogP contribution in [0.3, 0.4) is 0 Å². The largest absolute Gasteiger partial charge is 0.357 e. The zero-order valence-electron chi connectivity index (χ0n) is 16.2. The van der Waals surface area contributed by atoms with Crippen molar-refractivity contribution in [2.75, 3.05) is 31.6 Å². The molecule has 148 valence electrons. The molecule has 0 saturated heterocycles. The molecule has 0 heterocycles. The van der Waals surface area contributed by atoms with Gasteiger partial charge in [0.25, 0.3) is 0 Å². The summed E-state index contributed by atoms with van der Waals surface area (Å²) in [5.41, 5.74) is 0.316. The number of guanidine groups is 1. The molecule has 7 heteroatoms. The number of hydrogen-bond donors (Lipinski definition) is 2. The Morgan fingerprint density at radius 1 is 1.12 bits per heavy atom. The normalized spacial score (nSPS) is 21.2. The van der Waals surface area contributed by atoms with Crippen molar-refractivity contribution in [1.29, 1.82) is 0 Å². The Kier molecular flexibility index (Phi) is 8.50. The Morgan fingerprint density at radius 2 is 1.76 bits per heavy atom. The Balaban J connectivity index is 0.00000312. The number of aliphatic imine (C=N–C) groups is 1. The highest BCUT2D eigenvalue weighted by Crippen LogP contribution is 2.47. The van der Waals surface area contributed by atoms with Crippen LogP contribution in [0.25, 0.3) is 0 Å². The highest BCUT2D eigenvalue weighted by atomic mass is 127. The first-order chi connectivity index (χ1) is 11.2. The Bertz CT molecular complexity index is 553. The van der Waals surface area contributed by atoms with E-state index >= 15 is 0 Å². The van der Waals surface area contributed by atoms with Crippen LogP contribution in [0, 0.1) is 16.7 Å². The molecule has 2 rings (SSSR count). The lowest BCUT2D eigenvalue weighted by molar-refractivity contribution is 0.104. The van der Waals surface area contributed by atoms with Crippen molar-refractivity contribution in [3.63, 3.8) is 0 Å². The Morgan fingerprint density at radius 3 is 2.16 bits per heavy atom. The molecule has 0 aromatic carbocycles. The van der Waals surface area contributed by atoms with Crippen molar-refractivity contribution in [2.24, 2.45) is 21.7 Å². The van der Waals surface area contributed by atoms with E-state index in [2.05, 4.69) is 31.4 Å². The van der Waals surface area contributed by atoms with E-state index in [0.717, 1.165) is 37.8 Å². The maximum absolute atomic E-state index is 11.6. The van der Waals surface area contributed by atoms with E-state index in [9.17, 15) is 8.42 Å². The van der Waals surface area contributed by atoms with Crippen LogP contribution in [-0.2, 0) is 9.84 Å². The second kappa shape index (κ2) is 9.24. The molecule has 0 radical (unpaired) electrons. The van der Waals surface area contributed by atoms with Crippen molar-refractivity contribution >= 4 is 39.8 Å².